The van der Waals surface area contributed by atoms with Gasteiger partial charge < -0.3 is 20.7 Å². The Morgan fingerprint density at radius 3 is 2.52 bits per heavy atom. The Labute approximate surface area is 178 Å². The van der Waals surface area contributed by atoms with Crippen LogP contribution in [0.4, 0.5) is 0 Å². The van der Waals surface area contributed by atoms with Gasteiger partial charge in [-0.15, -0.1) is 24.0 Å². The summed E-state index contributed by atoms with van der Waals surface area (Å²) in [4.78, 5) is 15.8. The van der Waals surface area contributed by atoms with E-state index in [1.165, 1.54) is 6.26 Å². The number of guanidine groups is 1. The van der Waals surface area contributed by atoms with E-state index in [0.717, 1.165) is 12.0 Å². The highest BCUT2D eigenvalue weighted by atomic mass is 127. The lowest BCUT2D eigenvalue weighted by Gasteiger charge is -2.12. The number of ether oxygens (including phenoxy) is 1. The topological polar surface area (TPSA) is 109 Å². The molecule has 1 amide bonds. The van der Waals surface area contributed by atoms with Crippen molar-refractivity contribution >= 4 is 45.7 Å². The minimum Gasteiger partial charge on any atom is -0.379 e. The Morgan fingerprint density at radius 1 is 1.19 bits per heavy atom. The zero-order valence-corrected chi connectivity index (χ0v) is 19.1. The van der Waals surface area contributed by atoms with E-state index in [1.807, 2.05) is 18.2 Å². The first-order valence-corrected chi connectivity index (χ1v) is 10.4. The minimum atomic E-state index is -2.99. The van der Waals surface area contributed by atoms with Gasteiger partial charge in [-0.2, -0.15) is 0 Å². The van der Waals surface area contributed by atoms with E-state index in [2.05, 4.69) is 20.9 Å². The molecule has 0 aliphatic rings. The van der Waals surface area contributed by atoms with Gasteiger partial charge in [0.2, 0.25) is 0 Å². The molecule has 1 aromatic rings. The fourth-order valence-electron chi connectivity index (χ4n) is 2.11. The highest BCUT2D eigenvalue weighted by Crippen LogP contribution is 2.05. The van der Waals surface area contributed by atoms with Crippen molar-refractivity contribution in [2.45, 2.75) is 6.42 Å². The van der Waals surface area contributed by atoms with E-state index in [1.54, 1.807) is 20.2 Å². The van der Waals surface area contributed by atoms with Crippen molar-refractivity contribution in [1.29, 1.82) is 0 Å². The maximum Gasteiger partial charge on any atom is 0.251 e. The third-order valence-electron chi connectivity index (χ3n) is 3.48. The van der Waals surface area contributed by atoms with Gasteiger partial charge in [0.25, 0.3) is 5.91 Å². The molecule has 0 aliphatic carbocycles. The summed E-state index contributed by atoms with van der Waals surface area (Å²) in [6.45, 7) is 1.76. The molecule has 0 radical (unpaired) electrons. The van der Waals surface area contributed by atoms with Crippen LogP contribution in [-0.4, -0.2) is 72.7 Å². The predicted octanol–water partition coefficient (Wildman–Crippen LogP) is 0.433. The van der Waals surface area contributed by atoms with Crippen molar-refractivity contribution < 1.29 is 17.9 Å². The van der Waals surface area contributed by atoms with Crippen LogP contribution >= 0.6 is 24.0 Å². The Kier molecular flexibility index (Phi) is 13.0. The van der Waals surface area contributed by atoms with Crippen molar-refractivity contribution in [3.63, 3.8) is 0 Å². The van der Waals surface area contributed by atoms with Crippen LogP contribution in [0.2, 0.25) is 0 Å². The highest BCUT2D eigenvalue weighted by molar-refractivity contribution is 14.0. The lowest BCUT2D eigenvalue weighted by atomic mass is 10.1. The largest absolute Gasteiger partial charge is 0.379 e. The van der Waals surface area contributed by atoms with E-state index < -0.39 is 9.84 Å². The number of hydrogen-bond donors (Lipinski definition) is 3. The van der Waals surface area contributed by atoms with Gasteiger partial charge in [-0.3, -0.25) is 9.79 Å². The summed E-state index contributed by atoms with van der Waals surface area (Å²) in [5, 5.41) is 8.88. The second-order valence-corrected chi connectivity index (χ2v) is 7.96. The molecule has 0 aliphatic heterocycles. The smallest absolute Gasteiger partial charge is 0.251 e. The van der Waals surface area contributed by atoms with Crippen molar-refractivity contribution in [2.24, 2.45) is 4.99 Å². The number of halogens is 1. The molecule has 0 bridgehead atoms. The van der Waals surface area contributed by atoms with Gasteiger partial charge in [0.1, 0.15) is 9.84 Å². The van der Waals surface area contributed by atoms with Gasteiger partial charge in [-0.05, 0) is 24.1 Å². The van der Waals surface area contributed by atoms with Crippen molar-refractivity contribution in [2.75, 3.05) is 52.4 Å². The summed E-state index contributed by atoms with van der Waals surface area (Å²) < 4.78 is 27.2. The second-order valence-electron chi connectivity index (χ2n) is 5.70. The molecule has 8 nitrogen and oxygen atoms in total. The molecular weight excluding hydrogens is 483 g/mol. The molecule has 0 aromatic heterocycles. The van der Waals surface area contributed by atoms with Gasteiger partial charge in [0, 0.05) is 39.0 Å². The lowest BCUT2D eigenvalue weighted by Crippen LogP contribution is -2.40. The molecule has 27 heavy (non-hydrogen) atoms. The number of benzene rings is 1. The van der Waals surface area contributed by atoms with Gasteiger partial charge in [0.15, 0.2) is 5.96 Å². The SMILES string of the molecule is CN=C(NCCOCCS(C)(=O)=O)NCCc1cccc(C(=O)NC)c1.I. The number of amides is 1. The summed E-state index contributed by atoms with van der Waals surface area (Å²) in [7, 11) is 0.293. The molecule has 10 heteroatoms. The molecular formula is C17H29IN4O4S. The first-order chi connectivity index (χ1) is 12.4. The molecule has 1 rings (SSSR count). The van der Waals surface area contributed by atoms with E-state index in [0.29, 0.717) is 31.2 Å². The molecule has 154 valence electrons. The number of hydrogen-bond acceptors (Lipinski definition) is 5. The van der Waals surface area contributed by atoms with Gasteiger partial charge in [0.05, 0.1) is 19.0 Å². The Balaban J connectivity index is 0.00000676. The zero-order valence-electron chi connectivity index (χ0n) is 15.9. The number of carbonyl (C=O) groups is 1. The molecule has 1 aromatic carbocycles. The summed E-state index contributed by atoms with van der Waals surface area (Å²) in [6.07, 6.45) is 1.93. The standard InChI is InChI=1S/C17H28N4O4S.HI/c1-18-16(22)15-6-4-5-14(13-15)7-8-20-17(19-2)21-9-10-25-11-12-26(3,23)24;/h4-6,13H,7-12H2,1-3H3,(H,18,22)(H2,19,20,21);1H. The summed E-state index contributed by atoms with van der Waals surface area (Å²) in [5.74, 6) is 0.557. The zero-order chi connectivity index (χ0) is 19.4. The average molecular weight is 512 g/mol. The van der Waals surface area contributed by atoms with Crippen LogP contribution in [0.5, 0.6) is 0 Å². The molecule has 0 saturated carbocycles. The number of nitrogens with zero attached hydrogens (tertiary/aromatic N) is 1. The van der Waals surface area contributed by atoms with Gasteiger partial charge in [-0.25, -0.2) is 8.42 Å². The van der Waals surface area contributed by atoms with E-state index in [9.17, 15) is 13.2 Å². The Morgan fingerprint density at radius 2 is 1.89 bits per heavy atom. The molecule has 0 spiro atoms. The first-order valence-electron chi connectivity index (χ1n) is 8.36. The summed E-state index contributed by atoms with van der Waals surface area (Å²) >= 11 is 0. The molecule has 3 N–H and O–H groups in total. The van der Waals surface area contributed by atoms with Crippen LogP contribution in [0, 0.1) is 0 Å². The molecule has 0 unspecified atom stereocenters. The van der Waals surface area contributed by atoms with Crippen LogP contribution in [0.15, 0.2) is 29.3 Å². The van der Waals surface area contributed by atoms with E-state index in [4.69, 9.17) is 4.74 Å². The number of carbonyl (C=O) groups excluding carboxylic acids is 1. The normalized spacial score (nSPS) is 11.4. The molecule has 0 saturated heterocycles. The van der Waals surface area contributed by atoms with Gasteiger partial charge >= 0.3 is 0 Å². The quantitative estimate of drug-likeness (QED) is 0.182. The van der Waals surface area contributed by atoms with Crippen LogP contribution in [0.3, 0.4) is 0 Å². The first kappa shape index (κ1) is 25.6. The van der Waals surface area contributed by atoms with E-state index in [-0.39, 0.29) is 42.2 Å². The average Bonchev–Trinajstić information content (AvgIpc) is 2.61. The fraction of sp³-hybridized carbons (Fsp3) is 0.529. The Hall–Kier alpha value is -1.40. The number of aliphatic imine (C=N–C) groups is 1. The third-order valence-corrected chi connectivity index (χ3v) is 4.39. The maximum atomic E-state index is 11.6. The number of rotatable bonds is 10. The highest BCUT2D eigenvalue weighted by Gasteiger charge is 2.04. The maximum absolute atomic E-state index is 11.6. The summed E-state index contributed by atoms with van der Waals surface area (Å²) in [5.41, 5.74) is 1.69. The molecule has 0 heterocycles. The monoisotopic (exact) mass is 512 g/mol. The van der Waals surface area contributed by atoms with Crippen molar-refractivity contribution in [1.82, 2.24) is 16.0 Å². The van der Waals surface area contributed by atoms with Gasteiger partial charge in [-0.1, -0.05) is 12.1 Å². The fourth-order valence-corrected chi connectivity index (χ4v) is 2.53. The Bertz CT molecular complexity index is 711. The van der Waals surface area contributed by atoms with Crippen LogP contribution in [0.1, 0.15) is 15.9 Å². The van der Waals surface area contributed by atoms with E-state index >= 15 is 0 Å². The number of nitrogens with one attached hydrogen (secondary N) is 3. The van der Waals surface area contributed by atoms with Crippen LogP contribution < -0.4 is 16.0 Å². The van der Waals surface area contributed by atoms with Crippen LogP contribution in [-0.2, 0) is 21.0 Å². The molecule has 0 atom stereocenters. The predicted molar refractivity (Wildman–Crippen MR) is 119 cm³/mol. The summed E-state index contributed by atoms with van der Waals surface area (Å²) in [6, 6.07) is 7.48. The number of sulfone groups is 1. The second kappa shape index (κ2) is 13.7. The minimum absolute atomic E-state index is 0. The molecule has 0 fully saturated rings. The van der Waals surface area contributed by atoms with Crippen LogP contribution in [0.25, 0.3) is 0 Å². The lowest BCUT2D eigenvalue weighted by molar-refractivity contribution is 0.0963. The van der Waals surface area contributed by atoms with Crippen molar-refractivity contribution in [3.05, 3.63) is 35.4 Å². The third kappa shape index (κ3) is 11.8. The van der Waals surface area contributed by atoms with Crippen molar-refractivity contribution in [3.8, 4) is 0 Å².